The van der Waals surface area contributed by atoms with Crippen LogP contribution in [0.2, 0.25) is 0 Å². The van der Waals surface area contributed by atoms with Crippen molar-refractivity contribution in [1.29, 1.82) is 0 Å². The molecule has 0 aliphatic rings. The molecule has 1 atom stereocenters. The fraction of sp³-hybridized carbons (Fsp3) is 0.500. The van der Waals surface area contributed by atoms with Crippen molar-refractivity contribution in [2.75, 3.05) is 0 Å². The van der Waals surface area contributed by atoms with Gasteiger partial charge in [0.15, 0.2) is 0 Å². The predicted octanol–water partition coefficient (Wildman–Crippen LogP) is 3.31. The van der Waals surface area contributed by atoms with Gasteiger partial charge in [-0.2, -0.15) is 0 Å². The number of aryl methyl sites for hydroxylation is 1. The van der Waals surface area contributed by atoms with E-state index in [1.54, 1.807) is 13.0 Å². The topological polar surface area (TPSA) is 20.2 Å². The molecule has 1 nitrogen and oxygen atoms in total. The number of hydrogen-bond acceptors (Lipinski definition) is 1. The summed E-state index contributed by atoms with van der Waals surface area (Å²) in [5.41, 5.74) is 2.07. The Hall–Kier alpha value is -0.890. The third kappa shape index (κ3) is 2.13. The van der Waals surface area contributed by atoms with Gasteiger partial charge < -0.3 is 5.11 Å². The zero-order valence-corrected chi connectivity index (χ0v) is 9.13. The Kier molecular flexibility index (Phi) is 3.27. The van der Waals surface area contributed by atoms with Crippen LogP contribution in [0.25, 0.3) is 0 Å². The highest BCUT2D eigenvalue weighted by Crippen LogP contribution is 2.26. The molecular formula is C12H17FO. The van der Waals surface area contributed by atoms with Gasteiger partial charge in [-0.1, -0.05) is 31.5 Å². The summed E-state index contributed by atoms with van der Waals surface area (Å²) in [6, 6.07) is 3.54. The van der Waals surface area contributed by atoms with E-state index in [2.05, 4.69) is 0 Å². The first-order chi connectivity index (χ1) is 6.43. The Labute approximate surface area is 84.6 Å². The molecule has 0 saturated heterocycles. The van der Waals surface area contributed by atoms with E-state index in [9.17, 15) is 9.50 Å². The minimum atomic E-state index is -0.743. The molecule has 1 aromatic carbocycles. The largest absolute Gasteiger partial charge is 0.389 e. The Bertz CT molecular complexity index is 300. The highest BCUT2D eigenvalue weighted by Gasteiger charge is 2.15. The molecule has 0 spiro atoms. The van der Waals surface area contributed by atoms with Crippen LogP contribution in [0.15, 0.2) is 12.1 Å². The number of halogens is 1. The molecule has 1 unspecified atom stereocenters. The van der Waals surface area contributed by atoms with Crippen molar-refractivity contribution in [3.63, 3.8) is 0 Å². The Morgan fingerprint density at radius 1 is 1.14 bits per heavy atom. The first-order valence-electron chi connectivity index (χ1n) is 4.91. The third-order valence-corrected chi connectivity index (χ3v) is 2.35. The lowest BCUT2D eigenvalue weighted by Crippen LogP contribution is -2.03. The van der Waals surface area contributed by atoms with Gasteiger partial charge in [0, 0.05) is 5.56 Å². The van der Waals surface area contributed by atoms with E-state index in [0.29, 0.717) is 11.1 Å². The lowest BCUT2D eigenvalue weighted by molar-refractivity contribution is 0.193. The second-order valence-corrected chi connectivity index (χ2v) is 4.09. The van der Waals surface area contributed by atoms with E-state index in [0.717, 1.165) is 5.56 Å². The Morgan fingerprint density at radius 3 is 2.07 bits per heavy atom. The summed E-state index contributed by atoms with van der Waals surface area (Å²) in [5, 5.41) is 9.40. The summed E-state index contributed by atoms with van der Waals surface area (Å²) in [6.45, 7) is 7.40. The fourth-order valence-corrected chi connectivity index (χ4v) is 1.55. The smallest absolute Gasteiger partial charge is 0.132 e. The standard InChI is InChI=1S/C12H17FO/c1-7(2)10-5-8(3)6-11(9(4)14)12(10)13/h5-7,9,14H,1-4H3. The summed E-state index contributed by atoms with van der Waals surface area (Å²) >= 11 is 0. The molecule has 0 radical (unpaired) electrons. The van der Waals surface area contributed by atoms with E-state index in [-0.39, 0.29) is 11.7 Å². The van der Waals surface area contributed by atoms with Crippen molar-refractivity contribution >= 4 is 0 Å². The van der Waals surface area contributed by atoms with Crippen molar-refractivity contribution < 1.29 is 9.50 Å². The number of aliphatic hydroxyl groups is 1. The van der Waals surface area contributed by atoms with Crippen LogP contribution in [0.3, 0.4) is 0 Å². The minimum absolute atomic E-state index is 0.146. The molecule has 0 saturated carbocycles. The molecule has 1 aromatic rings. The quantitative estimate of drug-likeness (QED) is 0.769. The van der Waals surface area contributed by atoms with E-state index in [4.69, 9.17) is 0 Å². The van der Waals surface area contributed by atoms with Crippen molar-refractivity contribution in [1.82, 2.24) is 0 Å². The van der Waals surface area contributed by atoms with Gasteiger partial charge in [-0.3, -0.25) is 0 Å². The average molecular weight is 196 g/mol. The van der Waals surface area contributed by atoms with Gasteiger partial charge >= 0.3 is 0 Å². The number of hydrogen-bond donors (Lipinski definition) is 1. The maximum atomic E-state index is 13.8. The molecule has 0 aromatic heterocycles. The predicted molar refractivity (Wildman–Crippen MR) is 55.9 cm³/mol. The maximum absolute atomic E-state index is 13.8. The van der Waals surface area contributed by atoms with E-state index in [1.165, 1.54) is 0 Å². The molecule has 0 fully saturated rings. The van der Waals surface area contributed by atoms with Gasteiger partial charge in [0.1, 0.15) is 5.82 Å². The minimum Gasteiger partial charge on any atom is -0.389 e. The molecule has 1 N–H and O–H groups in total. The second-order valence-electron chi connectivity index (χ2n) is 4.09. The first kappa shape index (κ1) is 11.2. The molecule has 14 heavy (non-hydrogen) atoms. The fourth-order valence-electron chi connectivity index (χ4n) is 1.55. The average Bonchev–Trinajstić information content (AvgIpc) is 2.07. The van der Waals surface area contributed by atoms with Crippen molar-refractivity contribution in [3.05, 3.63) is 34.6 Å². The molecule has 0 heterocycles. The highest BCUT2D eigenvalue weighted by molar-refractivity contribution is 5.34. The summed E-state index contributed by atoms with van der Waals surface area (Å²) in [5.74, 6) is -0.118. The monoisotopic (exact) mass is 196 g/mol. The van der Waals surface area contributed by atoms with Gasteiger partial charge in [-0.05, 0) is 25.3 Å². The van der Waals surface area contributed by atoms with Gasteiger partial charge in [0.25, 0.3) is 0 Å². The van der Waals surface area contributed by atoms with E-state index < -0.39 is 6.10 Å². The van der Waals surface area contributed by atoms with Crippen molar-refractivity contribution in [2.45, 2.75) is 39.7 Å². The normalized spacial score (nSPS) is 13.4. The molecular weight excluding hydrogens is 179 g/mol. The third-order valence-electron chi connectivity index (χ3n) is 2.35. The summed E-state index contributed by atoms with van der Waals surface area (Å²) in [7, 11) is 0. The van der Waals surface area contributed by atoms with Gasteiger partial charge in [0.05, 0.1) is 6.10 Å². The van der Waals surface area contributed by atoms with Crippen LogP contribution in [-0.2, 0) is 0 Å². The highest BCUT2D eigenvalue weighted by atomic mass is 19.1. The Morgan fingerprint density at radius 2 is 1.64 bits per heavy atom. The first-order valence-corrected chi connectivity index (χ1v) is 4.91. The number of benzene rings is 1. The summed E-state index contributed by atoms with van der Waals surface area (Å²) in [6.07, 6.45) is -0.743. The van der Waals surface area contributed by atoms with Crippen LogP contribution in [0.1, 0.15) is 49.5 Å². The SMILES string of the molecule is Cc1cc(C(C)C)c(F)c(C(C)O)c1. The van der Waals surface area contributed by atoms with E-state index in [1.807, 2.05) is 26.8 Å². The zero-order chi connectivity index (χ0) is 10.9. The lowest BCUT2D eigenvalue weighted by atomic mass is 9.95. The van der Waals surface area contributed by atoms with Crippen LogP contribution in [0.5, 0.6) is 0 Å². The van der Waals surface area contributed by atoms with Crippen LogP contribution >= 0.6 is 0 Å². The van der Waals surface area contributed by atoms with Gasteiger partial charge in [0.2, 0.25) is 0 Å². The zero-order valence-electron chi connectivity index (χ0n) is 9.13. The molecule has 2 heteroatoms. The van der Waals surface area contributed by atoms with Crippen LogP contribution in [0.4, 0.5) is 4.39 Å². The summed E-state index contributed by atoms with van der Waals surface area (Å²) in [4.78, 5) is 0. The number of aliphatic hydroxyl groups excluding tert-OH is 1. The molecule has 0 aliphatic carbocycles. The van der Waals surface area contributed by atoms with Crippen LogP contribution < -0.4 is 0 Å². The molecule has 0 aliphatic heterocycles. The van der Waals surface area contributed by atoms with Crippen molar-refractivity contribution in [3.8, 4) is 0 Å². The number of rotatable bonds is 2. The molecule has 0 amide bonds. The van der Waals surface area contributed by atoms with Gasteiger partial charge in [-0.25, -0.2) is 4.39 Å². The lowest BCUT2D eigenvalue weighted by Gasteiger charge is -2.14. The molecule has 78 valence electrons. The van der Waals surface area contributed by atoms with Crippen LogP contribution in [-0.4, -0.2) is 5.11 Å². The molecule has 0 bridgehead atoms. The second kappa shape index (κ2) is 4.09. The molecule has 1 rings (SSSR count). The Balaban J connectivity index is 3.32. The van der Waals surface area contributed by atoms with Gasteiger partial charge in [-0.15, -0.1) is 0 Å². The van der Waals surface area contributed by atoms with Crippen LogP contribution in [0, 0.1) is 12.7 Å². The summed E-state index contributed by atoms with van der Waals surface area (Å²) < 4.78 is 13.8. The maximum Gasteiger partial charge on any atom is 0.132 e. The van der Waals surface area contributed by atoms with Crippen molar-refractivity contribution in [2.24, 2.45) is 0 Å². The van der Waals surface area contributed by atoms with E-state index >= 15 is 0 Å².